The van der Waals surface area contributed by atoms with Crippen LogP contribution in [0.3, 0.4) is 0 Å². The minimum Gasteiger partial charge on any atom is -0.465 e. The number of hydrogen-bond acceptors (Lipinski definition) is 4. The molecule has 0 saturated carbocycles. The van der Waals surface area contributed by atoms with Gasteiger partial charge in [-0.2, -0.15) is 5.26 Å². The van der Waals surface area contributed by atoms with Gasteiger partial charge in [-0.1, -0.05) is 35.9 Å². The third-order valence-corrected chi connectivity index (χ3v) is 6.79. The summed E-state index contributed by atoms with van der Waals surface area (Å²) in [4.78, 5) is 15.8. The summed E-state index contributed by atoms with van der Waals surface area (Å²) in [6, 6.07) is 21.7. The molecule has 0 aliphatic heterocycles. The van der Waals surface area contributed by atoms with Gasteiger partial charge in [-0.05, 0) is 64.5 Å². The maximum atomic E-state index is 14.2. The minimum absolute atomic E-state index is 0.297. The van der Waals surface area contributed by atoms with E-state index < -0.39 is 5.97 Å². The van der Waals surface area contributed by atoms with Crippen LogP contribution >= 0.6 is 22.9 Å². The Morgan fingerprint density at radius 3 is 2.62 bits per heavy atom. The molecule has 0 fully saturated rings. The van der Waals surface area contributed by atoms with Crippen LogP contribution in [0.5, 0.6) is 0 Å². The van der Waals surface area contributed by atoms with Gasteiger partial charge in [0.1, 0.15) is 16.8 Å². The number of halogens is 2. The lowest BCUT2D eigenvalue weighted by atomic mass is 9.96. The molecular formula is C27H16ClFN2O2S. The van der Waals surface area contributed by atoms with Gasteiger partial charge in [0, 0.05) is 22.0 Å². The molecule has 0 bridgehead atoms. The molecule has 0 unspecified atom stereocenters. The van der Waals surface area contributed by atoms with Crippen molar-refractivity contribution < 1.29 is 13.9 Å². The Bertz CT molecular complexity index is 1610. The molecule has 2 aromatic heterocycles. The first-order chi connectivity index (χ1) is 16.5. The van der Waals surface area contributed by atoms with Crippen molar-refractivity contribution in [3.05, 3.63) is 93.4 Å². The SMILES string of the molecule is COC(=O)c1ccc(-c2cccc(-c3[nH]c4ccc(F)cc4c3-c3ccsc3C#N)c2)cc1Cl. The lowest BCUT2D eigenvalue weighted by Crippen LogP contribution is -2.01. The van der Waals surface area contributed by atoms with Crippen molar-refractivity contribution in [1.29, 1.82) is 5.26 Å². The first kappa shape index (κ1) is 21.9. The first-order valence-electron chi connectivity index (χ1n) is 10.3. The highest BCUT2D eigenvalue weighted by atomic mass is 35.5. The molecular weight excluding hydrogens is 471 g/mol. The van der Waals surface area contributed by atoms with Gasteiger partial charge in [0.25, 0.3) is 0 Å². The summed E-state index contributed by atoms with van der Waals surface area (Å²) in [5.41, 5.74) is 5.98. The number of fused-ring (bicyclic) bond motifs is 1. The smallest absolute Gasteiger partial charge is 0.339 e. The molecule has 4 nitrogen and oxygen atoms in total. The molecule has 3 aromatic carbocycles. The van der Waals surface area contributed by atoms with Crippen LogP contribution in [0.1, 0.15) is 15.2 Å². The predicted octanol–water partition coefficient (Wildman–Crippen LogP) is 7.68. The van der Waals surface area contributed by atoms with E-state index in [-0.39, 0.29) is 5.82 Å². The molecule has 0 aliphatic carbocycles. The van der Waals surface area contributed by atoms with Crippen LogP contribution in [0.25, 0.3) is 44.4 Å². The Morgan fingerprint density at radius 1 is 1.06 bits per heavy atom. The van der Waals surface area contributed by atoms with Crippen molar-refractivity contribution in [2.45, 2.75) is 0 Å². The largest absolute Gasteiger partial charge is 0.465 e. The number of aromatic amines is 1. The Balaban J connectivity index is 1.69. The topological polar surface area (TPSA) is 65.9 Å². The number of esters is 1. The molecule has 7 heteroatoms. The number of thiophene rings is 1. The highest BCUT2D eigenvalue weighted by Gasteiger charge is 2.20. The number of methoxy groups -OCH3 is 1. The number of H-pyrrole nitrogens is 1. The van der Waals surface area contributed by atoms with E-state index in [1.54, 1.807) is 18.2 Å². The van der Waals surface area contributed by atoms with Gasteiger partial charge in [-0.15, -0.1) is 11.3 Å². The van der Waals surface area contributed by atoms with E-state index in [9.17, 15) is 14.4 Å². The van der Waals surface area contributed by atoms with Crippen molar-refractivity contribution in [2.75, 3.05) is 7.11 Å². The molecule has 2 heterocycles. The number of nitriles is 1. The fourth-order valence-electron chi connectivity index (χ4n) is 4.08. The fourth-order valence-corrected chi connectivity index (χ4v) is 5.03. The Hall–Kier alpha value is -3.92. The van der Waals surface area contributed by atoms with Crippen molar-refractivity contribution in [3.8, 4) is 39.6 Å². The molecule has 34 heavy (non-hydrogen) atoms. The summed E-state index contributed by atoms with van der Waals surface area (Å²) in [6.45, 7) is 0. The third kappa shape index (κ3) is 3.75. The number of carbonyl (C=O) groups excluding carboxylic acids is 1. The number of benzene rings is 3. The maximum Gasteiger partial charge on any atom is 0.339 e. The zero-order valence-electron chi connectivity index (χ0n) is 17.9. The molecule has 0 aliphatic rings. The fraction of sp³-hybridized carbons (Fsp3) is 0.0370. The van der Waals surface area contributed by atoms with Crippen LogP contribution in [0, 0.1) is 17.1 Å². The summed E-state index contributed by atoms with van der Waals surface area (Å²) >= 11 is 7.68. The molecule has 1 N–H and O–H groups in total. The zero-order valence-corrected chi connectivity index (χ0v) is 19.4. The Labute approximate surface area is 203 Å². The third-order valence-electron chi connectivity index (χ3n) is 5.66. The van der Waals surface area contributed by atoms with E-state index in [1.807, 2.05) is 41.8 Å². The summed E-state index contributed by atoms with van der Waals surface area (Å²) in [5.74, 6) is -0.841. The molecule has 166 valence electrons. The van der Waals surface area contributed by atoms with Crippen molar-refractivity contribution in [2.24, 2.45) is 0 Å². The van der Waals surface area contributed by atoms with Crippen LogP contribution in [-0.2, 0) is 4.74 Å². The van der Waals surface area contributed by atoms with Gasteiger partial charge in [0.05, 0.1) is 23.4 Å². The molecule has 0 atom stereocenters. The number of ether oxygens (including phenoxy) is 1. The highest BCUT2D eigenvalue weighted by molar-refractivity contribution is 7.11. The molecule has 0 radical (unpaired) electrons. The van der Waals surface area contributed by atoms with Crippen LogP contribution < -0.4 is 0 Å². The van der Waals surface area contributed by atoms with Crippen LogP contribution in [-0.4, -0.2) is 18.1 Å². The van der Waals surface area contributed by atoms with Gasteiger partial charge in [-0.25, -0.2) is 9.18 Å². The molecule has 0 spiro atoms. The van der Waals surface area contributed by atoms with Gasteiger partial charge in [-0.3, -0.25) is 0 Å². The van der Waals surface area contributed by atoms with E-state index in [2.05, 4.69) is 11.1 Å². The quantitative estimate of drug-likeness (QED) is 0.265. The lowest BCUT2D eigenvalue weighted by molar-refractivity contribution is 0.0601. The second-order valence-electron chi connectivity index (χ2n) is 7.61. The van der Waals surface area contributed by atoms with E-state index in [0.717, 1.165) is 39.0 Å². The highest BCUT2D eigenvalue weighted by Crippen LogP contribution is 2.42. The summed E-state index contributed by atoms with van der Waals surface area (Å²) in [5, 5.41) is 12.5. The number of carbonyl (C=O) groups is 1. The standard InChI is InChI=1S/C27H16ClFN2O2S/c1-33-27(32)19-7-5-16(12-22(19)28)15-3-2-4-17(11-15)26-25(20-9-10-34-24(20)14-30)21-13-18(29)6-8-23(21)31-26/h2-13,31H,1H3. The van der Waals surface area contributed by atoms with E-state index >= 15 is 0 Å². The lowest BCUT2D eigenvalue weighted by Gasteiger charge is -2.09. The number of nitrogens with one attached hydrogen (secondary N) is 1. The van der Waals surface area contributed by atoms with Crippen LogP contribution in [0.2, 0.25) is 5.02 Å². The van der Waals surface area contributed by atoms with E-state index in [1.165, 1.54) is 30.6 Å². The molecule has 0 saturated heterocycles. The Morgan fingerprint density at radius 2 is 1.85 bits per heavy atom. The summed E-state index contributed by atoms with van der Waals surface area (Å²) in [7, 11) is 1.31. The zero-order chi connectivity index (χ0) is 23.8. The molecule has 5 aromatic rings. The van der Waals surface area contributed by atoms with Crippen LogP contribution in [0.15, 0.2) is 72.1 Å². The van der Waals surface area contributed by atoms with Crippen molar-refractivity contribution >= 4 is 39.8 Å². The summed E-state index contributed by atoms with van der Waals surface area (Å²) < 4.78 is 18.9. The number of nitrogens with zero attached hydrogens (tertiary/aromatic N) is 1. The first-order valence-corrected chi connectivity index (χ1v) is 11.5. The van der Waals surface area contributed by atoms with Gasteiger partial charge in [0.15, 0.2) is 0 Å². The maximum absolute atomic E-state index is 14.2. The van der Waals surface area contributed by atoms with Gasteiger partial charge in [0.2, 0.25) is 0 Å². The van der Waals surface area contributed by atoms with Crippen molar-refractivity contribution in [3.63, 3.8) is 0 Å². The molecule has 5 rings (SSSR count). The number of hydrogen-bond donors (Lipinski definition) is 1. The predicted molar refractivity (Wildman–Crippen MR) is 134 cm³/mol. The van der Waals surface area contributed by atoms with E-state index in [4.69, 9.17) is 16.3 Å². The van der Waals surface area contributed by atoms with Crippen molar-refractivity contribution in [1.82, 2.24) is 4.98 Å². The number of rotatable bonds is 4. The Kier molecular flexibility index (Phi) is 5.66. The monoisotopic (exact) mass is 486 g/mol. The average Bonchev–Trinajstić information content (AvgIpc) is 3.47. The second kappa shape index (κ2) is 8.79. The van der Waals surface area contributed by atoms with Crippen LogP contribution in [0.4, 0.5) is 4.39 Å². The normalized spacial score (nSPS) is 10.9. The van der Waals surface area contributed by atoms with Gasteiger partial charge < -0.3 is 9.72 Å². The van der Waals surface area contributed by atoms with Gasteiger partial charge >= 0.3 is 5.97 Å². The average molecular weight is 487 g/mol. The minimum atomic E-state index is -0.496. The number of aromatic nitrogens is 1. The van der Waals surface area contributed by atoms with E-state index in [0.29, 0.717) is 20.8 Å². The summed E-state index contributed by atoms with van der Waals surface area (Å²) in [6.07, 6.45) is 0. The molecule has 0 amide bonds. The second-order valence-corrected chi connectivity index (χ2v) is 8.93.